The van der Waals surface area contributed by atoms with Gasteiger partial charge in [-0.3, -0.25) is 0 Å². The monoisotopic (exact) mass is 625 g/mol. The smallest absolute Gasteiger partial charge is 0.339 e. The predicted molar refractivity (Wildman–Crippen MR) is 187 cm³/mol. The van der Waals surface area contributed by atoms with E-state index in [-0.39, 0.29) is 0 Å². The first-order valence-corrected chi connectivity index (χ1v) is 16.7. The molecule has 0 radical (unpaired) electrons. The Hall–Kier alpha value is -3.75. The number of piperidine rings is 1. The van der Waals surface area contributed by atoms with Gasteiger partial charge in [0.1, 0.15) is 0 Å². The molecule has 0 spiro atoms. The fourth-order valence-corrected chi connectivity index (χ4v) is 6.96. The summed E-state index contributed by atoms with van der Waals surface area (Å²) in [6.07, 6.45) is 5.37. The Bertz CT molecular complexity index is 1680. The predicted octanol–water partition coefficient (Wildman–Crippen LogP) is 8.04. The molecule has 8 nitrogen and oxygen atoms in total. The number of hydrogen-bond acceptors (Lipinski definition) is 7. The van der Waals surface area contributed by atoms with Crippen molar-refractivity contribution < 1.29 is 14.3 Å². The lowest BCUT2D eigenvalue weighted by Gasteiger charge is -2.35. The van der Waals surface area contributed by atoms with E-state index < -0.39 is 17.7 Å². The molecule has 1 atom stereocenters. The van der Waals surface area contributed by atoms with Crippen LogP contribution in [0.1, 0.15) is 87.4 Å². The maximum Gasteiger partial charge on any atom is 0.339 e. The summed E-state index contributed by atoms with van der Waals surface area (Å²) in [5.41, 5.74) is 8.96. The van der Waals surface area contributed by atoms with E-state index >= 15 is 0 Å². The Morgan fingerprint density at radius 1 is 0.957 bits per heavy atom. The van der Waals surface area contributed by atoms with E-state index in [0.717, 1.165) is 77.9 Å². The number of benzene rings is 2. The molecule has 0 bridgehead atoms. The molecule has 0 unspecified atom stereocenters. The molecule has 2 aliphatic rings. The fraction of sp³-hybridized carbons (Fsp3) is 0.500. The number of aromatic nitrogens is 3. The maximum atomic E-state index is 13.6. The Balaban J connectivity index is 0.00000204. The second kappa shape index (κ2) is 13.5. The highest BCUT2D eigenvalue weighted by Gasteiger charge is 2.37. The van der Waals surface area contributed by atoms with Crippen LogP contribution in [0.5, 0.6) is 0 Å². The van der Waals surface area contributed by atoms with Crippen molar-refractivity contribution in [2.45, 2.75) is 92.4 Å². The van der Waals surface area contributed by atoms with Crippen LogP contribution in [-0.4, -0.2) is 64.8 Å². The molecule has 0 amide bonds. The molecule has 2 aromatic heterocycles. The lowest BCUT2D eigenvalue weighted by Crippen LogP contribution is -2.32. The molecule has 0 aliphatic carbocycles. The summed E-state index contributed by atoms with van der Waals surface area (Å²) in [6, 6.07) is 10.8. The van der Waals surface area contributed by atoms with E-state index in [0.29, 0.717) is 11.9 Å². The van der Waals surface area contributed by atoms with Crippen molar-refractivity contribution in [2.24, 2.45) is 0 Å². The maximum absolute atomic E-state index is 13.6. The summed E-state index contributed by atoms with van der Waals surface area (Å²) < 4.78 is 14.3. The quantitative estimate of drug-likeness (QED) is 0.201. The van der Waals surface area contributed by atoms with Crippen LogP contribution in [-0.2, 0) is 20.8 Å². The van der Waals surface area contributed by atoms with Gasteiger partial charge in [-0.05, 0) is 109 Å². The van der Waals surface area contributed by atoms with Crippen LogP contribution >= 0.6 is 0 Å². The zero-order valence-electron chi connectivity index (χ0n) is 29.4. The molecule has 6 rings (SSSR count). The lowest BCUT2D eigenvalue weighted by atomic mass is 9.87. The third-order valence-corrected chi connectivity index (χ3v) is 9.22. The van der Waals surface area contributed by atoms with Gasteiger partial charge in [0, 0.05) is 42.1 Å². The second-order valence-electron chi connectivity index (χ2n) is 13.5. The van der Waals surface area contributed by atoms with Gasteiger partial charge in [-0.1, -0.05) is 43.7 Å². The minimum Gasteiger partial charge on any atom is -0.467 e. The number of carbonyl (C=O) groups is 1. The Labute approximate surface area is 274 Å². The van der Waals surface area contributed by atoms with Gasteiger partial charge in [-0.2, -0.15) is 0 Å². The SMILES string of the molecule is CC.COC(=O)[C@@H](OC(C)(C)C)c1c(C)c2c3c(cc(C)n3CCN2c2ncc(C3CCN(C)CC3)cn2)c1-c1ccc(C)cc1. The number of ether oxygens (including phenoxy) is 2. The molecular formula is C38H51N5O3. The highest BCUT2D eigenvalue weighted by molar-refractivity contribution is 6.08. The zero-order valence-corrected chi connectivity index (χ0v) is 29.4. The summed E-state index contributed by atoms with van der Waals surface area (Å²) >= 11 is 0. The normalized spacial score (nSPS) is 16.3. The van der Waals surface area contributed by atoms with Crippen LogP contribution in [0.15, 0.2) is 42.7 Å². The average Bonchev–Trinajstić information content (AvgIpc) is 3.38. The summed E-state index contributed by atoms with van der Waals surface area (Å²) in [4.78, 5) is 28.1. The number of aryl methyl sites for hydroxylation is 2. The number of rotatable bonds is 6. The summed E-state index contributed by atoms with van der Waals surface area (Å²) in [6.45, 7) is 20.0. The van der Waals surface area contributed by atoms with Crippen LogP contribution in [0.2, 0.25) is 0 Å². The fourth-order valence-electron chi connectivity index (χ4n) is 6.96. The standard InChI is InChI=1S/C36H45N5O3.C2H6/c1-22-9-11-26(12-10-22)30-28-19-23(2)40-17-18-41(35-37-20-27(21-38-35)25-13-15-39(7)16-14-25)31(32(28)40)24(3)29(30)33(34(42)43-8)44-36(4,5)6;1-2/h9-12,19-21,25,33H,13-18H2,1-8H3;1-2H3/t33-;/m0./s1. The van der Waals surface area contributed by atoms with E-state index in [2.05, 4.69) is 72.5 Å². The number of carbonyl (C=O) groups excluding carboxylic acids is 1. The van der Waals surface area contributed by atoms with Crippen molar-refractivity contribution in [1.29, 1.82) is 0 Å². The highest BCUT2D eigenvalue weighted by Crippen LogP contribution is 2.49. The molecule has 4 aromatic rings. The largest absolute Gasteiger partial charge is 0.467 e. The highest BCUT2D eigenvalue weighted by atomic mass is 16.6. The van der Waals surface area contributed by atoms with Gasteiger partial charge < -0.3 is 23.8 Å². The van der Waals surface area contributed by atoms with Crippen LogP contribution < -0.4 is 4.90 Å². The molecule has 4 heterocycles. The number of esters is 1. The Kier molecular flexibility index (Phi) is 9.89. The van der Waals surface area contributed by atoms with Gasteiger partial charge in [0.05, 0.1) is 23.9 Å². The van der Waals surface area contributed by atoms with Gasteiger partial charge >= 0.3 is 5.97 Å². The number of likely N-dealkylation sites (tertiary alicyclic amines) is 1. The van der Waals surface area contributed by atoms with Gasteiger partial charge in [-0.25, -0.2) is 14.8 Å². The van der Waals surface area contributed by atoms with Crippen LogP contribution in [0.4, 0.5) is 11.6 Å². The summed E-state index contributed by atoms with van der Waals surface area (Å²) in [5.74, 6) is 0.752. The molecule has 8 heteroatoms. The third kappa shape index (κ3) is 6.42. The second-order valence-corrected chi connectivity index (χ2v) is 13.5. The van der Waals surface area contributed by atoms with Crippen molar-refractivity contribution in [1.82, 2.24) is 19.4 Å². The lowest BCUT2D eigenvalue weighted by molar-refractivity contribution is -0.164. The van der Waals surface area contributed by atoms with Crippen molar-refractivity contribution in [3.8, 4) is 11.1 Å². The van der Waals surface area contributed by atoms with Crippen LogP contribution in [0.3, 0.4) is 0 Å². The van der Waals surface area contributed by atoms with Gasteiger partial charge in [-0.15, -0.1) is 0 Å². The zero-order chi connectivity index (χ0) is 33.3. The first kappa shape index (κ1) is 33.6. The van der Waals surface area contributed by atoms with Crippen LogP contribution in [0, 0.1) is 20.8 Å². The van der Waals surface area contributed by atoms with E-state index in [4.69, 9.17) is 19.4 Å². The molecule has 46 heavy (non-hydrogen) atoms. The Morgan fingerprint density at radius 2 is 1.59 bits per heavy atom. The molecular weight excluding hydrogens is 574 g/mol. The first-order valence-electron chi connectivity index (χ1n) is 16.7. The molecule has 0 N–H and O–H groups in total. The van der Waals surface area contributed by atoms with Crippen molar-refractivity contribution in [2.75, 3.05) is 38.7 Å². The average molecular weight is 626 g/mol. The number of methoxy groups -OCH3 is 1. The van der Waals surface area contributed by atoms with Crippen LogP contribution in [0.25, 0.3) is 22.0 Å². The van der Waals surface area contributed by atoms with E-state index in [9.17, 15) is 4.79 Å². The van der Waals surface area contributed by atoms with E-state index in [1.165, 1.54) is 23.9 Å². The molecule has 1 fully saturated rings. The van der Waals surface area contributed by atoms with Crippen molar-refractivity contribution in [3.63, 3.8) is 0 Å². The number of anilines is 2. The van der Waals surface area contributed by atoms with Gasteiger partial charge in [0.25, 0.3) is 0 Å². The summed E-state index contributed by atoms with van der Waals surface area (Å²) in [7, 11) is 3.61. The van der Waals surface area contributed by atoms with Crippen molar-refractivity contribution in [3.05, 3.63) is 70.7 Å². The summed E-state index contributed by atoms with van der Waals surface area (Å²) in [5, 5.41) is 1.08. The first-order chi connectivity index (χ1) is 22.0. The number of nitrogens with zero attached hydrogens (tertiary/aromatic N) is 5. The number of hydrogen-bond donors (Lipinski definition) is 0. The minimum absolute atomic E-state index is 0.416. The molecule has 2 aromatic carbocycles. The molecule has 2 aliphatic heterocycles. The van der Waals surface area contributed by atoms with Crippen molar-refractivity contribution >= 4 is 28.5 Å². The third-order valence-electron chi connectivity index (χ3n) is 9.22. The minimum atomic E-state index is -0.919. The van der Waals surface area contributed by atoms with Gasteiger partial charge in [0.15, 0.2) is 6.10 Å². The molecule has 246 valence electrons. The Morgan fingerprint density at radius 3 is 2.17 bits per heavy atom. The van der Waals surface area contributed by atoms with E-state index in [1.54, 1.807) is 0 Å². The molecule has 1 saturated heterocycles. The topological polar surface area (TPSA) is 72.7 Å². The van der Waals surface area contributed by atoms with Gasteiger partial charge in [0.2, 0.25) is 5.95 Å². The van der Waals surface area contributed by atoms with E-state index in [1.807, 2.05) is 47.0 Å². The molecule has 0 saturated carbocycles.